The summed E-state index contributed by atoms with van der Waals surface area (Å²) < 4.78 is 21.6. The summed E-state index contributed by atoms with van der Waals surface area (Å²) in [6.07, 6.45) is 3.07. The predicted octanol–water partition coefficient (Wildman–Crippen LogP) is 1.50. The molecular formula is C13H22O5. The van der Waals surface area contributed by atoms with Crippen molar-refractivity contribution in [3.63, 3.8) is 0 Å². The fourth-order valence-electron chi connectivity index (χ4n) is 2.64. The number of ether oxygens (including phenoxy) is 4. The van der Waals surface area contributed by atoms with Crippen molar-refractivity contribution in [1.82, 2.24) is 0 Å². The molecule has 0 N–H and O–H groups in total. The molecule has 0 aromatic carbocycles. The zero-order chi connectivity index (χ0) is 13.0. The zero-order valence-electron chi connectivity index (χ0n) is 11.1. The van der Waals surface area contributed by atoms with E-state index in [0.29, 0.717) is 12.5 Å². The first-order valence-corrected chi connectivity index (χ1v) is 6.57. The minimum absolute atomic E-state index is 0.178. The van der Waals surface area contributed by atoms with Crippen molar-refractivity contribution in [1.29, 1.82) is 0 Å². The fraction of sp³-hybridized carbons (Fsp3) is 0.923. The molecule has 0 radical (unpaired) electrons. The average molecular weight is 258 g/mol. The highest BCUT2D eigenvalue weighted by Gasteiger charge is 2.40. The molecular weight excluding hydrogens is 236 g/mol. The molecule has 0 aliphatic carbocycles. The first-order chi connectivity index (χ1) is 8.61. The van der Waals surface area contributed by atoms with Crippen LogP contribution >= 0.6 is 0 Å². The van der Waals surface area contributed by atoms with Crippen molar-refractivity contribution in [2.75, 3.05) is 26.9 Å². The van der Waals surface area contributed by atoms with Crippen molar-refractivity contribution in [2.45, 2.75) is 44.5 Å². The van der Waals surface area contributed by atoms with E-state index < -0.39 is 5.79 Å². The summed E-state index contributed by atoms with van der Waals surface area (Å²) in [7, 11) is 1.39. The molecule has 2 saturated heterocycles. The van der Waals surface area contributed by atoms with Gasteiger partial charge in [-0.05, 0) is 25.7 Å². The van der Waals surface area contributed by atoms with E-state index in [-0.39, 0.29) is 18.5 Å². The lowest BCUT2D eigenvalue weighted by atomic mass is 9.92. The number of esters is 1. The van der Waals surface area contributed by atoms with Crippen LogP contribution in [0.3, 0.4) is 0 Å². The molecule has 104 valence electrons. The first kappa shape index (κ1) is 13.8. The monoisotopic (exact) mass is 258 g/mol. The Hall–Kier alpha value is -0.650. The molecule has 0 aromatic heterocycles. The molecule has 2 heterocycles. The predicted molar refractivity (Wildman–Crippen MR) is 64.0 cm³/mol. The van der Waals surface area contributed by atoms with Crippen LogP contribution in [-0.2, 0) is 23.7 Å². The highest BCUT2D eigenvalue weighted by Crippen LogP contribution is 2.34. The van der Waals surface area contributed by atoms with Crippen molar-refractivity contribution < 1.29 is 23.7 Å². The van der Waals surface area contributed by atoms with Gasteiger partial charge in [0.15, 0.2) is 5.79 Å². The summed E-state index contributed by atoms with van der Waals surface area (Å²) in [6.45, 7) is 4.08. The minimum Gasteiger partial charge on any atom is -0.469 e. The van der Waals surface area contributed by atoms with Gasteiger partial charge in [0.25, 0.3) is 0 Å². The smallest absolute Gasteiger partial charge is 0.308 e. The van der Waals surface area contributed by atoms with Crippen LogP contribution in [0, 0.1) is 5.92 Å². The van der Waals surface area contributed by atoms with Gasteiger partial charge in [0.2, 0.25) is 0 Å². The third-order valence-electron chi connectivity index (χ3n) is 3.61. The van der Waals surface area contributed by atoms with Gasteiger partial charge in [0.05, 0.1) is 26.2 Å². The van der Waals surface area contributed by atoms with Gasteiger partial charge in [-0.15, -0.1) is 0 Å². The van der Waals surface area contributed by atoms with Crippen molar-refractivity contribution in [3.05, 3.63) is 0 Å². The topological polar surface area (TPSA) is 54.0 Å². The van der Waals surface area contributed by atoms with Gasteiger partial charge in [0, 0.05) is 19.6 Å². The van der Waals surface area contributed by atoms with Gasteiger partial charge < -0.3 is 18.9 Å². The molecule has 5 heteroatoms. The van der Waals surface area contributed by atoms with Gasteiger partial charge in [-0.3, -0.25) is 4.79 Å². The Kier molecular flexibility index (Phi) is 4.59. The average Bonchev–Trinajstić information content (AvgIpc) is 2.71. The summed E-state index contributed by atoms with van der Waals surface area (Å²) in [5.41, 5.74) is 0. The standard InChI is InChI=1S/C13H22O5/c1-13(8-10-3-5-16-6-4-10)17-9-11(18-13)7-12(14)15-2/h10-11H,3-9H2,1-2H3. The molecule has 0 bridgehead atoms. The summed E-state index contributed by atoms with van der Waals surface area (Å²) in [6, 6.07) is 0. The molecule has 2 aliphatic heterocycles. The Morgan fingerprint density at radius 3 is 2.78 bits per heavy atom. The lowest BCUT2D eigenvalue weighted by molar-refractivity contribution is -0.173. The third kappa shape index (κ3) is 3.67. The quantitative estimate of drug-likeness (QED) is 0.715. The van der Waals surface area contributed by atoms with Crippen molar-refractivity contribution in [3.8, 4) is 0 Å². The molecule has 18 heavy (non-hydrogen) atoms. The maximum Gasteiger partial charge on any atom is 0.308 e. The van der Waals surface area contributed by atoms with Crippen LogP contribution in [0.5, 0.6) is 0 Å². The maximum absolute atomic E-state index is 11.2. The van der Waals surface area contributed by atoms with Crippen LogP contribution in [0.15, 0.2) is 0 Å². The van der Waals surface area contributed by atoms with Crippen LogP contribution in [0.25, 0.3) is 0 Å². The lowest BCUT2D eigenvalue weighted by Crippen LogP contribution is -2.32. The Bertz CT molecular complexity index is 287. The van der Waals surface area contributed by atoms with Crippen LogP contribution in [-0.4, -0.2) is 44.8 Å². The first-order valence-electron chi connectivity index (χ1n) is 6.57. The van der Waals surface area contributed by atoms with E-state index in [0.717, 1.165) is 32.5 Å². The third-order valence-corrected chi connectivity index (χ3v) is 3.61. The van der Waals surface area contributed by atoms with Crippen molar-refractivity contribution in [2.24, 2.45) is 5.92 Å². The zero-order valence-corrected chi connectivity index (χ0v) is 11.1. The number of carbonyl (C=O) groups is 1. The molecule has 2 atom stereocenters. The summed E-state index contributed by atoms with van der Waals surface area (Å²) in [5, 5.41) is 0. The van der Waals surface area contributed by atoms with E-state index in [1.54, 1.807) is 0 Å². The van der Waals surface area contributed by atoms with Crippen molar-refractivity contribution >= 4 is 5.97 Å². The second-order valence-corrected chi connectivity index (χ2v) is 5.22. The highest BCUT2D eigenvalue weighted by molar-refractivity contribution is 5.69. The van der Waals surface area contributed by atoms with E-state index >= 15 is 0 Å². The van der Waals surface area contributed by atoms with E-state index in [2.05, 4.69) is 4.74 Å². The number of carbonyl (C=O) groups excluding carboxylic acids is 1. The molecule has 2 aliphatic rings. The normalized spacial score (nSPS) is 33.6. The van der Waals surface area contributed by atoms with Crippen LogP contribution in [0.2, 0.25) is 0 Å². The molecule has 0 spiro atoms. The molecule has 2 rings (SSSR count). The molecule has 0 saturated carbocycles. The van der Waals surface area contributed by atoms with Crippen LogP contribution < -0.4 is 0 Å². The highest BCUT2D eigenvalue weighted by atomic mass is 16.7. The van der Waals surface area contributed by atoms with E-state index in [9.17, 15) is 4.79 Å². The van der Waals surface area contributed by atoms with E-state index in [1.165, 1.54) is 7.11 Å². The van der Waals surface area contributed by atoms with E-state index in [4.69, 9.17) is 14.2 Å². The number of hydrogen-bond acceptors (Lipinski definition) is 5. The van der Waals surface area contributed by atoms with Gasteiger partial charge >= 0.3 is 5.97 Å². The number of methoxy groups -OCH3 is 1. The second-order valence-electron chi connectivity index (χ2n) is 5.22. The Morgan fingerprint density at radius 2 is 2.11 bits per heavy atom. The lowest BCUT2D eigenvalue weighted by Gasteiger charge is -2.30. The molecule has 5 nitrogen and oxygen atoms in total. The fourth-order valence-corrected chi connectivity index (χ4v) is 2.64. The Labute approximate surface area is 108 Å². The van der Waals surface area contributed by atoms with Crippen LogP contribution in [0.4, 0.5) is 0 Å². The molecule has 0 amide bonds. The van der Waals surface area contributed by atoms with Gasteiger partial charge in [-0.25, -0.2) is 0 Å². The van der Waals surface area contributed by atoms with Gasteiger partial charge in [0.1, 0.15) is 0 Å². The maximum atomic E-state index is 11.2. The van der Waals surface area contributed by atoms with E-state index in [1.807, 2.05) is 6.92 Å². The molecule has 2 fully saturated rings. The Balaban J connectivity index is 1.79. The van der Waals surface area contributed by atoms with Gasteiger partial charge in [-0.2, -0.15) is 0 Å². The number of hydrogen-bond donors (Lipinski definition) is 0. The molecule has 0 aromatic rings. The van der Waals surface area contributed by atoms with Gasteiger partial charge in [-0.1, -0.05) is 0 Å². The Morgan fingerprint density at radius 1 is 1.39 bits per heavy atom. The minimum atomic E-state index is -0.555. The molecule has 2 unspecified atom stereocenters. The summed E-state index contributed by atoms with van der Waals surface area (Å²) in [5.74, 6) is -0.222. The second kappa shape index (κ2) is 5.99. The SMILES string of the molecule is COC(=O)CC1COC(C)(CC2CCOCC2)O1. The summed E-state index contributed by atoms with van der Waals surface area (Å²) >= 11 is 0. The summed E-state index contributed by atoms with van der Waals surface area (Å²) in [4.78, 5) is 11.2. The largest absolute Gasteiger partial charge is 0.469 e. The number of rotatable bonds is 4. The van der Waals surface area contributed by atoms with Crippen LogP contribution in [0.1, 0.15) is 32.6 Å².